The Morgan fingerprint density at radius 3 is 2.71 bits per heavy atom. The van der Waals surface area contributed by atoms with Gasteiger partial charge in [0.25, 0.3) is 5.91 Å². The van der Waals surface area contributed by atoms with Gasteiger partial charge in [-0.2, -0.15) is 0 Å². The molecule has 0 spiro atoms. The first-order chi connectivity index (χ1) is 13.7. The maximum Gasteiger partial charge on any atom is 0.290 e. The smallest absolute Gasteiger partial charge is 0.290 e. The Hall–Kier alpha value is -2.64. The highest BCUT2D eigenvalue weighted by Crippen LogP contribution is 2.25. The lowest BCUT2D eigenvalue weighted by Gasteiger charge is -2.35. The van der Waals surface area contributed by atoms with Crippen LogP contribution in [-0.2, 0) is 27.2 Å². The molecule has 2 aromatic rings. The van der Waals surface area contributed by atoms with Crippen LogP contribution < -0.4 is 5.32 Å². The molecule has 2 heterocycles. The van der Waals surface area contributed by atoms with E-state index in [-0.39, 0.29) is 17.6 Å². The van der Waals surface area contributed by atoms with Crippen LogP contribution in [-0.4, -0.2) is 56.2 Å². The number of rotatable bonds is 9. The molecule has 1 aliphatic rings. The van der Waals surface area contributed by atoms with Gasteiger partial charge in [-0.3, -0.25) is 9.59 Å². The van der Waals surface area contributed by atoms with Gasteiger partial charge in [0.05, 0.1) is 19.5 Å². The van der Waals surface area contributed by atoms with Gasteiger partial charge in [0.15, 0.2) is 5.76 Å². The second-order valence-electron chi connectivity index (χ2n) is 6.65. The van der Waals surface area contributed by atoms with Gasteiger partial charge in [-0.1, -0.05) is 24.3 Å². The summed E-state index contributed by atoms with van der Waals surface area (Å²) >= 11 is 0. The molecule has 1 aromatic heterocycles. The van der Waals surface area contributed by atoms with Crippen LogP contribution in [0.15, 0.2) is 47.1 Å². The summed E-state index contributed by atoms with van der Waals surface area (Å²) in [4.78, 5) is 27.3. The van der Waals surface area contributed by atoms with Crippen molar-refractivity contribution in [3.63, 3.8) is 0 Å². The first-order valence-electron chi connectivity index (χ1n) is 9.46. The Morgan fingerprint density at radius 1 is 1.14 bits per heavy atom. The van der Waals surface area contributed by atoms with E-state index < -0.39 is 6.04 Å². The van der Waals surface area contributed by atoms with Crippen molar-refractivity contribution >= 4 is 11.8 Å². The Kier molecular flexibility index (Phi) is 7.22. The zero-order valence-electron chi connectivity index (χ0n) is 16.1. The van der Waals surface area contributed by atoms with Crippen molar-refractivity contribution in [2.75, 3.05) is 33.5 Å². The molecule has 1 unspecified atom stereocenters. The number of benzene rings is 1. The summed E-state index contributed by atoms with van der Waals surface area (Å²) in [6.45, 7) is 2.51. The first kappa shape index (κ1) is 20.1. The molecule has 150 valence electrons. The van der Waals surface area contributed by atoms with Gasteiger partial charge >= 0.3 is 0 Å². The monoisotopic (exact) mass is 386 g/mol. The average molecular weight is 386 g/mol. The molecule has 1 N–H and O–H groups in total. The summed E-state index contributed by atoms with van der Waals surface area (Å²) in [7, 11) is 1.63. The number of amides is 2. The van der Waals surface area contributed by atoms with E-state index in [1.807, 2.05) is 24.3 Å². The van der Waals surface area contributed by atoms with Gasteiger partial charge < -0.3 is 24.1 Å². The molecule has 0 fully saturated rings. The predicted octanol–water partition coefficient (Wildman–Crippen LogP) is 2.02. The fourth-order valence-corrected chi connectivity index (χ4v) is 3.26. The number of nitrogens with zero attached hydrogens (tertiary/aromatic N) is 1. The lowest BCUT2D eigenvalue weighted by molar-refractivity contribution is -0.126. The zero-order chi connectivity index (χ0) is 19.8. The number of hydrogen-bond donors (Lipinski definition) is 1. The topological polar surface area (TPSA) is 81.0 Å². The third kappa shape index (κ3) is 4.99. The van der Waals surface area contributed by atoms with Crippen molar-refractivity contribution in [3.05, 3.63) is 59.5 Å². The van der Waals surface area contributed by atoms with Crippen LogP contribution in [0.25, 0.3) is 0 Å². The van der Waals surface area contributed by atoms with E-state index in [1.54, 1.807) is 24.1 Å². The maximum atomic E-state index is 12.9. The molecular formula is C21H26N2O5. The molecule has 28 heavy (non-hydrogen) atoms. The number of carbonyl (C=O) groups excluding carboxylic acids is 2. The predicted molar refractivity (Wildman–Crippen MR) is 103 cm³/mol. The van der Waals surface area contributed by atoms with Crippen molar-refractivity contribution in [2.24, 2.45) is 0 Å². The SMILES string of the molecule is COCCOCCCNC(=O)C1Cc2ccccc2CN1C(=O)c1ccco1. The zero-order valence-corrected chi connectivity index (χ0v) is 16.1. The Bertz CT molecular complexity index is 775. The summed E-state index contributed by atoms with van der Waals surface area (Å²) in [6.07, 6.45) is 2.65. The Morgan fingerprint density at radius 2 is 1.96 bits per heavy atom. The molecule has 0 aliphatic carbocycles. The number of methoxy groups -OCH3 is 1. The van der Waals surface area contributed by atoms with E-state index in [0.717, 1.165) is 11.1 Å². The lowest BCUT2D eigenvalue weighted by Crippen LogP contribution is -2.52. The van der Waals surface area contributed by atoms with Gasteiger partial charge in [-0.15, -0.1) is 0 Å². The van der Waals surface area contributed by atoms with Crippen LogP contribution in [0.1, 0.15) is 28.1 Å². The molecule has 7 heteroatoms. The van der Waals surface area contributed by atoms with Crippen LogP contribution in [0.2, 0.25) is 0 Å². The summed E-state index contributed by atoms with van der Waals surface area (Å²) in [5.41, 5.74) is 2.15. The van der Waals surface area contributed by atoms with E-state index in [9.17, 15) is 9.59 Å². The Labute approximate surface area is 164 Å². The van der Waals surface area contributed by atoms with Crippen molar-refractivity contribution in [3.8, 4) is 0 Å². The summed E-state index contributed by atoms with van der Waals surface area (Å²) in [5, 5.41) is 2.93. The molecule has 0 radical (unpaired) electrons. The van der Waals surface area contributed by atoms with E-state index in [4.69, 9.17) is 13.9 Å². The van der Waals surface area contributed by atoms with Crippen molar-refractivity contribution < 1.29 is 23.5 Å². The van der Waals surface area contributed by atoms with Gasteiger partial charge in [0, 0.05) is 33.2 Å². The molecule has 2 amide bonds. The summed E-state index contributed by atoms with van der Waals surface area (Å²) in [5.74, 6) is -0.197. The molecule has 1 aliphatic heterocycles. The van der Waals surface area contributed by atoms with Crippen LogP contribution >= 0.6 is 0 Å². The molecule has 0 saturated heterocycles. The molecule has 7 nitrogen and oxygen atoms in total. The number of hydrogen-bond acceptors (Lipinski definition) is 5. The van der Waals surface area contributed by atoms with Gasteiger partial charge in [-0.05, 0) is 29.7 Å². The van der Waals surface area contributed by atoms with Gasteiger partial charge in [-0.25, -0.2) is 0 Å². The van der Waals surface area contributed by atoms with Gasteiger partial charge in [0.1, 0.15) is 6.04 Å². The minimum atomic E-state index is -0.568. The Balaban J connectivity index is 1.62. The lowest BCUT2D eigenvalue weighted by atomic mass is 9.93. The second-order valence-corrected chi connectivity index (χ2v) is 6.65. The quantitative estimate of drug-likeness (QED) is 0.667. The van der Waals surface area contributed by atoms with Crippen molar-refractivity contribution in [1.29, 1.82) is 0 Å². The molecule has 0 bridgehead atoms. The van der Waals surface area contributed by atoms with Crippen LogP contribution in [0.5, 0.6) is 0 Å². The maximum absolute atomic E-state index is 12.9. The highest BCUT2D eigenvalue weighted by molar-refractivity contribution is 5.96. The van der Waals surface area contributed by atoms with E-state index in [2.05, 4.69) is 5.32 Å². The van der Waals surface area contributed by atoms with E-state index in [0.29, 0.717) is 45.8 Å². The van der Waals surface area contributed by atoms with Crippen LogP contribution in [0.3, 0.4) is 0 Å². The normalized spacial score (nSPS) is 15.9. The largest absolute Gasteiger partial charge is 0.459 e. The second kappa shape index (κ2) is 10.1. The van der Waals surface area contributed by atoms with Crippen LogP contribution in [0.4, 0.5) is 0 Å². The van der Waals surface area contributed by atoms with E-state index >= 15 is 0 Å². The van der Waals surface area contributed by atoms with E-state index in [1.165, 1.54) is 6.26 Å². The number of nitrogens with one attached hydrogen (secondary N) is 1. The number of carbonyl (C=O) groups is 2. The molecule has 3 rings (SSSR count). The molecular weight excluding hydrogens is 360 g/mol. The first-order valence-corrected chi connectivity index (χ1v) is 9.46. The molecule has 0 saturated carbocycles. The number of ether oxygens (including phenoxy) is 2. The fraction of sp³-hybridized carbons (Fsp3) is 0.429. The standard InChI is InChI=1S/C21H26N2O5/c1-26-12-13-27-10-5-9-22-20(24)18-14-16-6-2-3-7-17(16)15-23(18)21(25)19-8-4-11-28-19/h2-4,6-8,11,18H,5,9-10,12-15H2,1H3,(H,22,24). The minimum Gasteiger partial charge on any atom is -0.459 e. The fourth-order valence-electron chi connectivity index (χ4n) is 3.26. The molecule has 1 aromatic carbocycles. The van der Waals surface area contributed by atoms with Crippen molar-refractivity contribution in [1.82, 2.24) is 10.2 Å². The summed E-state index contributed by atoms with van der Waals surface area (Å²) < 4.78 is 15.6. The molecule has 1 atom stereocenters. The highest BCUT2D eigenvalue weighted by Gasteiger charge is 2.35. The average Bonchev–Trinajstić information content (AvgIpc) is 3.26. The van der Waals surface area contributed by atoms with Gasteiger partial charge in [0.2, 0.25) is 5.91 Å². The van der Waals surface area contributed by atoms with Crippen molar-refractivity contribution in [2.45, 2.75) is 25.4 Å². The third-order valence-electron chi connectivity index (χ3n) is 4.74. The third-order valence-corrected chi connectivity index (χ3v) is 4.74. The highest BCUT2D eigenvalue weighted by atomic mass is 16.5. The van der Waals surface area contributed by atoms with Crippen LogP contribution in [0, 0.1) is 0 Å². The number of fused-ring (bicyclic) bond motifs is 1. The minimum absolute atomic E-state index is 0.161. The summed E-state index contributed by atoms with van der Waals surface area (Å²) in [6, 6.07) is 10.6. The number of furan rings is 1.